The molecule has 0 spiro atoms. The van der Waals surface area contributed by atoms with Gasteiger partial charge >= 0.3 is 0 Å². The average molecular weight is 498 g/mol. The zero-order chi connectivity index (χ0) is 24.8. The van der Waals surface area contributed by atoms with Crippen molar-refractivity contribution in [2.45, 2.75) is 32.9 Å². The third kappa shape index (κ3) is 5.91. The number of hydrogen-bond acceptors (Lipinski definition) is 3. The Balaban J connectivity index is 1.95. The number of rotatable bonds is 8. The highest BCUT2D eigenvalue weighted by Crippen LogP contribution is 2.28. The molecular formula is C27H29Cl2N3O2. The molecule has 5 nitrogen and oxygen atoms in total. The Morgan fingerprint density at radius 1 is 0.912 bits per heavy atom. The summed E-state index contributed by atoms with van der Waals surface area (Å²) in [5.41, 5.74) is 3.36. The summed E-state index contributed by atoms with van der Waals surface area (Å²) in [5, 5.41) is 3.74. The van der Waals surface area contributed by atoms with E-state index in [0.717, 1.165) is 17.7 Å². The van der Waals surface area contributed by atoms with E-state index in [-0.39, 0.29) is 17.9 Å². The van der Waals surface area contributed by atoms with Gasteiger partial charge in [0.05, 0.1) is 21.2 Å². The molecule has 0 aliphatic heterocycles. The van der Waals surface area contributed by atoms with Gasteiger partial charge in [-0.2, -0.15) is 0 Å². The number of benzene rings is 3. The fourth-order valence-corrected chi connectivity index (χ4v) is 4.13. The first-order chi connectivity index (χ1) is 16.2. The van der Waals surface area contributed by atoms with Crippen molar-refractivity contribution < 1.29 is 9.59 Å². The Morgan fingerprint density at radius 3 is 2.06 bits per heavy atom. The molecule has 0 aromatic heterocycles. The number of nitrogens with zero attached hydrogens (tertiary/aromatic N) is 2. The molecule has 0 saturated heterocycles. The molecule has 0 unspecified atom stereocenters. The lowest BCUT2D eigenvalue weighted by atomic mass is 10.1. The zero-order valence-corrected chi connectivity index (χ0v) is 21.3. The minimum Gasteiger partial charge on any atom is -0.377 e. The van der Waals surface area contributed by atoms with E-state index in [1.165, 1.54) is 0 Å². The SMILES string of the molecule is CC[C@H](C)N(Cc1cc(NC(=O)c2ccccc2Cl)ccc1N(C)C)C(=O)c1ccccc1Cl. The minimum absolute atomic E-state index is 0.0137. The number of halogens is 2. The molecule has 2 amide bonds. The lowest BCUT2D eigenvalue weighted by Crippen LogP contribution is -2.38. The average Bonchev–Trinajstić information content (AvgIpc) is 2.82. The van der Waals surface area contributed by atoms with Crippen LogP contribution < -0.4 is 10.2 Å². The van der Waals surface area contributed by atoms with Crippen LogP contribution in [0.15, 0.2) is 66.7 Å². The van der Waals surface area contributed by atoms with Gasteiger partial charge in [0.1, 0.15) is 0 Å². The van der Waals surface area contributed by atoms with Crippen molar-refractivity contribution >= 4 is 46.4 Å². The van der Waals surface area contributed by atoms with Crippen molar-refractivity contribution in [1.82, 2.24) is 4.90 Å². The van der Waals surface area contributed by atoms with Gasteiger partial charge in [-0.15, -0.1) is 0 Å². The summed E-state index contributed by atoms with van der Waals surface area (Å²) in [4.78, 5) is 30.1. The molecule has 3 rings (SSSR count). The summed E-state index contributed by atoms with van der Waals surface area (Å²) < 4.78 is 0. The van der Waals surface area contributed by atoms with E-state index < -0.39 is 0 Å². The lowest BCUT2D eigenvalue weighted by molar-refractivity contribution is 0.0672. The molecule has 0 radical (unpaired) electrons. The van der Waals surface area contributed by atoms with Crippen LogP contribution in [-0.2, 0) is 6.54 Å². The molecule has 0 bridgehead atoms. The summed E-state index contributed by atoms with van der Waals surface area (Å²) in [7, 11) is 3.90. The normalized spacial score (nSPS) is 11.6. The van der Waals surface area contributed by atoms with Crippen molar-refractivity contribution in [3.05, 3.63) is 93.5 Å². The highest BCUT2D eigenvalue weighted by molar-refractivity contribution is 6.34. The van der Waals surface area contributed by atoms with Crippen LogP contribution in [0.5, 0.6) is 0 Å². The van der Waals surface area contributed by atoms with Crippen LogP contribution in [0.4, 0.5) is 11.4 Å². The second-order valence-corrected chi connectivity index (χ2v) is 9.16. The van der Waals surface area contributed by atoms with Gasteiger partial charge in [0.15, 0.2) is 0 Å². The monoisotopic (exact) mass is 497 g/mol. The molecule has 34 heavy (non-hydrogen) atoms. The van der Waals surface area contributed by atoms with E-state index in [9.17, 15) is 9.59 Å². The van der Waals surface area contributed by atoms with Gasteiger partial charge in [-0.05, 0) is 61.4 Å². The van der Waals surface area contributed by atoms with Crippen LogP contribution in [0.1, 0.15) is 46.5 Å². The fraction of sp³-hybridized carbons (Fsp3) is 0.259. The smallest absolute Gasteiger partial charge is 0.257 e. The van der Waals surface area contributed by atoms with Crippen LogP contribution in [0.2, 0.25) is 10.0 Å². The van der Waals surface area contributed by atoms with Gasteiger partial charge in [-0.25, -0.2) is 0 Å². The molecule has 1 N–H and O–H groups in total. The highest BCUT2D eigenvalue weighted by atomic mass is 35.5. The maximum absolute atomic E-state index is 13.5. The second kappa shape index (κ2) is 11.4. The third-order valence-electron chi connectivity index (χ3n) is 5.77. The third-order valence-corrected chi connectivity index (χ3v) is 6.43. The van der Waals surface area contributed by atoms with Gasteiger partial charge in [-0.1, -0.05) is 54.4 Å². The van der Waals surface area contributed by atoms with Gasteiger partial charge in [0, 0.05) is 38.1 Å². The van der Waals surface area contributed by atoms with E-state index in [1.54, 1.807) is 36.4 Å². The van der Waals surface area contributed by atoms with Gasteiger partial charge in [-0.3, -0.25) is 9.59 Å². The van der Waals surface area contributed by atoms with Gasteiger partial charge in [0.2, 0.25) is 0 Å². The summed E-state index contributed by atoms with van der Waals surface area (Å²) in [6, 6.07) is 19.7. The molecule has 7 heteroatoms. The largest absolute Gasteiger partial charge is 0.377 e. The molecule has 0 aliphatic rings. The van der Waals surface area contributed by atoms with Crippen LogP contribution in [0, 0.1) is 0 Å². The second-order valence-electron chi connectivity index (χ2n) is 8.34. The van der Waals surface area contributed by atoms with Crippen molar-refractivity contribution in [2.24, 2.45) is 0 Å². The Kier molecular flexibility index (Phi) is 8.59. The Bertz CT molecular complexity index is 1180. The molecule has 178 valence electrons. The fourth-order valence-electron chi connectivity index (χ4n) is 3.69. The first kappa shape index (κ1) is 25.6. The van der Waals surface area contributed by atoms with Gasteiger partial charge in [0.25, 0.3) is 11.8 Å². The standard InChI is InChI=1S/C27H29Cl2N3O2/c1-5-18(2)32(27(34)22-11-7-9-13-24(22)29)17-19-16-20(14-15-25(19)31(3)4)30-26(33)21-10-6-8-12-23(21)28/h6-16,18H,5,17H2,1-4H3,(H,30,33)/t18-/m0/s1. The molecule has 3 aromatic rings. The summed E-state index contributed by atoms with van der Waals surface area (Å²) in [6.45, 7) is 4.43. The number of hydrogen-bond donors (Lipinski definition) is 1. The minimum atomic E-state index is -0.292. The van der Waals surface area contributed by atoms with Crippen molar-refractivity contribution in [3.8, 4) is 0 Å². The number of carbonyl (C=O) groups is 2. The quantitative estimate of drug-likeness (QED) is 0.374. The van der Waals surface area contributed by atoms with E-state index in [4.69, 9.17) is 23.2 Å². The van der Waals surface area contributed by atoms with Crippen LogP contribution in [0.3, 0.4) is 0 Å². The van der Waals surface area contributed by atoms with Gasteiger partial charge < -0.3 is 15.1 Å². The molecule has 0 fully saturated rings. The predicted octanol–water partition coefficient (Wildman–Crippen LogP) is 6.75. The Morgan fingerprint density at radius 2 is 1.50 bits per heavy atom. The Labute approximate surface area is 211 Å². The van der Waals surface area contributed by atoms with Crippen LogP contribution >= 0.6 is 23.2 Å². The first-order valence-electron chi connectivity index (χ1n) is 11.1. The number of amides is 2. The summed E-state index contributed by atoms with van der Waals surface area (Å²) in [5.74, 6) is -0.421. The van der Waals surface area contributed by atoms with Crippen LogP contribution in [-0.4, -0.2) is 36.9 Å². The van der Waals surface area contributed by atoms with Crippen molar-refractivity contribution in [3.63, 3.8) is 0 Å². The van der Waals surface area contributed by atoms with Crippen LogP contribution in [0.25, 0.3) is 0 Å². The lowest BCUT2D eigenvalue weighted by Gasteiger charge is -2.31. The highest BCUT2D eigenvalue weighted by Gasteiger charge is 2.24. The predicted molar refractivity (Wildman–Crippen MR) is 141 cm³/mol. The van der Waals surface area contributed by atoms with Crippen molar-refractivity contribution in [2.75, 3.05) is 24.3 Å². The topological polar surface area (TPSA) is 52.7 Å². The molecule has 0 saturated carbocycles. The van der Waals surface area contributed by atoms with E-state index in [1.807, 2.05) is 68.1 Å². The molecule has 0 heterocycles. The summed E-state index contributed by atoms with van der Waals surface area (Å²) >= 11 is 12.5. The number of anilines is 2. The first-order valence-corrected chi connectivity index (χ1v) is 11.9. The molecule has 0 aliphatic carbocycles. The van der Waals surface area contributed by atoms with Crippen molar-refractivity contribution in [1.29, 1.82) is 0 Å². The molecule has 3 aromatic carbocycles. The maximum Gasteiger partial charge on any atom is 0.257 e. The van der Waals surface area contributed by atoms with E-state index >= 15 is 0 Å². The number of nitrogens with one attached hydrogen (secondary N) is 1. The van der Waals surface area contributed by atoms with E-state index in [0.29, 0.717) is 33.4 Å². The maximum atomic E-state index is 13.5. The number of carbonyl (C=O) groups excluding carboxylic acids is 2. The van der Waals surface area contributed by atoms with E-state index in [2.05, 4.69) is 5.32 Å². The molecule has 1 atom stereocenters. The molecular weight excluding hydrogens is 469 g/mol. The Hall–Kier alpha value is -3.02. The summed E-state index contributed by atoms with van der Waals surface area (Å²) in [6.07, 6.45) is 0.788. The zero-order valence-electron chi connectivity index (χ0n) is 19.8.